The van der Waals surface area contributed by atoms with Crippen molar-refractivity contribution in [1.29, 1.82) is 0 Å². The molecule has 0 aliphatic carbocycles. The van der Waals surface area contributed by atoms with E-state index in [0.717, 1.165) is 6.07 Å². The highest BCUT2D eigenvalue weighted by atomic mass is 32.2. The van der Waals surface area contributed by atoms with Gasteiger partial charge in [-0.2, -0.15) is 21.6 Å². The first-order chi connectivity index (χ1) is 7.67. The lowest BCUT2D eigenvalue weighted by atomic mass is 10.1. The maximum atomic E-state index is 12.0. The minimum absolute atomic E-state index is 0.365. The van der Waals surface area contributed by atoms with Crippen molar-refractivity contribution in [2.24, 2.45) is 0 Å². The summed E-state index contributed by atoms with van der Waals surface area (Å²) in [4.78, 5) is 0. The Labute approximate surface area is 96.3 Å². The monoisotopic (exact) mass is 269 g/mol. The molecule has 0 atom stereocenters. The molecule has 1 aromatic carbocycles. The summed E-state index contributed by atoms with van der Waals surface area (Å²) in [5.74, 6) is -0.409. The molecule has 0 fully saturated rings. The number of hydrogen-bond donors (Lipinski definition) is 1. The predicted octanol–water partition coefficient (Wildman–Crippen LogP) is 2.06. The van der Waals surface area contributed by atoms with Crippen LogP contribution in [0.5, 0.6) is 5.75 Å². The molecule has 0 amide bonds. The number of benzene rings is 1. The minimum Gasteiger partial charge on any atom is -0.399 e. The van der Waals surface area contributed by atoms with Crippen LogP contribution in [0.4, 0.5) is 18.9 Å². The quantitative estimate of drug-likeness (QED) is 0.518. The molecule has 4 nitrogen and oxygen atoms in total. The average Bonchev–Trinajstić information content (AvgIpc) is 2.19. The summed E-state index contributed by atoms with van der Waals surface area (Å²) >= 11 is 0. The maximum Gasteiger partial charge on any atom is 0.534 e. The zero-order valence-corrected chi connectivity index (χ0v) is 9.60. The molecule has 0 aliphatic rings. The largest absolute Gasteiger partial charge is 0.534 e. The zero-order chi connectivity index (χ0) is 13.3. The third-order valence-corrected chi connectivity index (χ3v) is 2.96. The van der Waals surface area contributed by atoms with Crippen LogP contribution in [0.15, 0.2) is 18.2 Å². The van der Waals surface area contributed by atoms with Crippen molar-refractivity contribution >= 4 is 15.8 Å². The van der Waals surface area contributed by atoms with Gasteiger partial charge < -0.3 is 9.92 Å². The Morgan fingerprint density at radius 2 is 1.94 bits per heavy atom. The van der Waals surface area contributed by atoms with Crippen LogP contribution in [-0.2, 0) is 16.5 Å². The Morgan fingerprint density at radius 3 is 2.41 bits per heavy atom. The van der Waals surface area contributed by atoms with E-state index in [-0.39, 0.29) is 0 Å². The third kappa shape index (κ3) is 3.02. The minimum atomic E-state index is -5.63. The maximum absolute atomic E-state index is 12.0. The van der Waals surface area contributed by atoms with Crippen LogP contribution in [-0.4, -0.2) is 13.9 Å². The molecule has 1 rings (SSSR count). The van der Waals surface area contributed by atoms with E-state index in [1.165, 1.54) is 12.1 Å². The summed E-state index contributed by atoms with van der Waals surface area (Å²) in [5, 5.41) is 0. The molecule has 1 aromatic rings. The topological polar surface area (TPSA) is 69.4 Å². The first-order valence-corrected chi connectivity index (χ1v) is 5.97. The van der Waals surface area contributed by atoms with Crippen LogP contribution < -0.4 is 9.92 Å². The first-order valence-electron chi connectivity index (χ1n) is 4.56. The molecular weight excluding hydrogens is 259 g/mol. The van der Waals surface area contributed by atoms with Crippen molar-refractivity contribution in [3.8, 4) is 5.75 Å². The van der Waals surface area contributed by atoms with Crippen molar-refractivity contribution in [2.75, 3.05) is 5.73 Å². The molecule has 8 heteroatoms. The molecule has 96 valence electrons. The van der Waals surface area contributed by atoms with Gasteiger partial charge in [0.25, 0.3) is 0 Å². The van der Waals surface area contributed by atoms with E-state index < -0.39 is 21.4 Å². The van der Waals surface area contributed by atoms with Gasteiger partial charge in [0.2, 0.25) is 0 Å². The Bertz CT molecular complexity index is 511. The average molecular weight is 269 g/mol. The second-order valence-electron chi connectivity index (χ2n) is 3.20. The summed E-state index contributed by atoms with van der Waals surface area (Å²) < 4.78 is 61.5. The first kappa shape index (κ1) is 13.6. The van der Waals surface area contributed by atoms with Gasteiger partial charge in [-0.1, -0.05) is 6.92 Å². The summed E-state index contributed by atoms with van der Waals surface area (Å²) in [5.41, 5.74) is 0.957. The normalized spacial score (nSPS) is 12.5. The van der Waals surface area contributed by atoms with Gasteiger partial charge in [0.05, 0.1) is 0 Å². The van der Waals surface area contributed by atoms with Gasteiger partial charge >= 0.3 is 15.6 Å². The molecular formula is C9H10F3NO3S. The molecule has 0 aliphatic heterocycles. The fourth-order valence-electron chi connectivity index (χ4n) is 1.11. The molecule has 0 spiro atoms. The van der Waals surface area contributed by atoms with E-state index in [2.05, 4.69) is 4.18 Å². The third-order valence-electron chi connectivity index (χ3n) is 1.98. The van der Waals surface area contributed by atoms with Crippen LogP contribution in [0.1, 0.15) is 12.5 Å². The number of anilines is 1. The Balaban J connectivity index is 3.05. The number of nitrogens with two attached hydrogens (primary N) is 1. The second kappa shape index (κ2) is 4.44. The van der Waals surface area contributed by atoms with Crippen molar-refractivity contribution in [3.05, 3.63) is 23.8 Å². The number of rotatable bonds is 3. The van der Waals surface area contributed by atoms with Crippen LogP contribution in [0, 0.1) is 0 Å². The van der Waals surface area contributed by atoms with Gasteiger partial charge in [-0.05, 0) is 30.2 Å². The number of aryl methyl sites for hydroxylation is 1. The lowest BCUT2D eigenvalue weighted by molar-refractivity contribution is -0.0500. The lowest BCUT2D eigenvalue weighted by Gasteiger charge is -2.11. The molecule has 17 heavy (non-hydrogen) atoms. The Kier molecular flexibility index (Phi) is 3.56. The van der Waals surface area contributed by atoms with Gasteiger partial charge in [-0.15, -0.1) is 0 Å². The van der Waals surface area contributed by atoms with E-state index in [1.807, 2.05) is 0 Å². The van der Waals surface area contributed by atoms with E-state index in [0.29, 0.717) is 17.7 Å². The van der Waals surface area contributed by atoms with Crippen LogP contribution in [0.3, 0.4) is 0 Å². The fraction of sp³-hybridized carbons (Fsp3) is 0.333. The summed E-state index contributed by atoms with van der Waals surface area (Å²) in [6.45, 7) is 1.73. The van der Waals surface area contributed by atoms with E-state index in [4.69, 9.17) is 5.73 Å². The van der Waals surface area contributed by atoms with Crippen molar-refractivity contribution in [3.63, 3.8) is 0 Å². The van der Waals surface area contributed by atoms with Gasteiger partial charge in [-0.25, -0.2) is 0 Å². The van der Waals surface area contributed by atoms with E-state index >= 15 is 0 Å². The van der Waals surface area contributed by atoms with Gasteiger partial charge in [0.1, 0.15) is 5.75 Å². The highest BCUT2D eigenvalue weighted by Gasteiger charge is 2.48. The van der Waals surface area contributed by atoms with Crippen LogP contribution >= 0.6 is 0 Å². The Morgan fingerprint density at radius 1 is 1.35 bits per heavy atom. The molecule has 0 unspecified atom stereocenters. The summed E-state index contributed by atoms with van der Waals surface area (Å²) in [7, 11) is -5.63. The predicted molar refractivity (Wildman–Crippen MR) is 55.8 cm³/mol. The van der Waals surface area contributed by atoms with Crippen molar-refractivity contribution in [1.82, 2.24) is 0 Å². The number of hydrogen-bond acceptors (Lipinski definition) is 4. The highest BCUT2D eigenvalue weighted by molar-refractivity contribution is 7.87. The van der Waals surface area contributed by atoms with Gasteiger partial charge in [0, 0.05) is 5.69 Å². The number of nitrogen functional groups attached to an aromatic ring is 1. The van der Waals surface area contributed by atoms with Gasteiger partial charge in [-0.3, -0.25) is 0 Å². The second-order valence-corrected chi connectivity index (χ2v) is 4.74. The fourth-order valence-corrected chi connectivity index (χ4v) is 1.57. The van der Waals surface area contributed by atoms with Crippen molar-refractivity contribution < 1.29 is 25.8 Å². The molecule has 0 radical (unpaired) electrons. The highest BCUT2D eigenvalue weighted by Crippen LogP contribution is 2.28. The molecule has 0 aromatic heterocycles. The molecule has 0 saturated heterocycles. The standard InChI is InChI=1S/C9H10F3NO3S/c1-2-6-5-7(3-4-8(6)13)16-17(14,15)9(10,11)12/h3-5H,2,13H2,1H3. The molecule has 0 bridgehead atoms. The Hall–Kier alpha value is -1.44. The molecule has 2 N–H and O–H groups in total. The number of halogens is 3. The molecule has 0 saturated carbocycles. The SMILES string of the molecule is CCc1cc(OS(=O)(=O)C(F)(F)F)ccc1N. The zero-order valence-electron chi connectivity index (χ0n) is 8.78. The number of alkyl halides is 3. The van der Waals surface area contributed by atoms with Crippen LogP contribution in [0.25, 0.3) is 0 Å². The molecule has 0 heterocycles. The van der Waals surface area contributed by atoms with E-state index in [1.54, 1.807) is 6.92 Å². The van der Waals surface area contributed by atoms with Crippen molar-refractivity contribution in [2.45, 2.75) is 18.9 Å². The summed E-state index contributed by atoms with van der Waals surface area (Å²) in [6.07, 6.45) is 0.453. The summed E-state index contributed by atoms with van der Waals surface area (Å²) in [6, 6.07) is 3.52. The van der Waals surface area contributed by atoms with E-state index in [9.17, 15) is 21.6 Å². The van der Waals surface area contributed by atoms with Gasteiger partial charge in [0.15, 0.2) is 0 Å². The van der Waals surface area contributed by atoms with Crippen LogP contribution in [0.2, 0.25) is 0 Å². The smallest absolute Gasteiger partial charge is 0.399 e. The lowest BCUT2D eigenvalue weighted by Crippen LogP contribution is -2.28.